The maximum atomic E-state index is 13.6. The number of anilines is 1. The molecule has 0 saturated carbocycles. The van der Waals surface area contributed by atoms with Crippen LogP contribution in [0.2, 0.25) is 18.1 Å². The summed E-state index contributed by atoms with van der Waals surface area (Å²) in [5, 5.41) is 0.110. The molecule has 1 atom stereocenters. The third kappa shape index (κ3) is 3.81. The van der Waals surface area contributed by atoms with Crippen LogP contribution in [-0.2, 0) is 15.6 Å². The van der Waals surface area contributed by atoms with Gasteiger partial charge in [-0.15, -0.1) is 0 Å². The van der Waals surface area contributed by atoms with Crippen molar-refractivity contribution in [3.63, 3.8) is 0 Å². The molecule has 1 aromatic rings. The maximum Gasteiger partial charge on any atom is 0.244 e. The molecule has 1 unspecified atom stereocenters. The van der Waals surface area contributed by atoms with Gasteiger partial charge in [0.2, 0.25) is 5.91 Å². The van der Waals surface area contributed by atoms with E-state index in [4.69, 9.17) is 10.2 Å². The first-order valence-electron chi connectivity index (χ1n) is 8.02. The molecule has 1 aliphatic rings. The molecule has 1 aliphatic heterocycles. The van der Waals surface area contributed by atoms with Crippen molar-refractivity contribution >= 4 is 19.9 Å². The third-order valence-corrected chi connectivity index (χ3v) is 9.48. The van der Waals surface area contributed by atoms with Crippen LogP contribution >= 0.6 is 0 Å². The Hall–Kier alpha value is -1.24. The summed E-state index contributed by atoms with van der Waals surface area (Å²) < 4.78 is 19.7. The van der Waals surface area contributed by atoms with E-state index in [1.807, 2.05) is 0 Å². The Morgan fingerprint density at radius 3 is 2.65 bits per heavy atom. The molecule has 1 heterocycles. The first kappa shape index (κ1) is 18.1. The van der Waals surface area contributed by atoms with Crippen LogP contribution in [0.3, 0.4) is 0 Å². The minimum Gasteiger partial charge on any atom is -0.415 e. The highest BCUT2D eigenvalue weighted by Gasteiger charge is 2.37. The summed E-state index contributed by atoms with van der Waals surface area (Å²) >= 11 is 0. The van der Waals surface area contributed by atoms with Gasteiger partial charge in [0.15, 0.2) is 8.32 Å². The molecular formula is C17H27FN2O2Si. The predicted octanol–water partition coefficient (Wildman–Crippen LogP) is 3.06. The standard InChI is InChI=1S/C17H27FN2O2Si/c1-17(2,3)23(4,5)22-9-8-20-15-11-13(18)7-6-12(15)10-14(19)16(20)21/h6-7,11,14H,8-10,19H2,1-5H3. The average Bonchev–Trinajstić information content (AvgIpc) is 2.42. The average molecular weight is 338 g/mol. The molecule has 0 saturated heterocycles. The second-order valence-corrected chi connectivity index (χ2v) is 12.5. The van der Waals surface area contributed by atoms with Crippen LogP contribution in [0, 0.1) is 5.82 Å². The molecule has 0 fully saturated rings. The lowest BCUT2D eigenvalue weighted by molar-refractivity contribution is -0.120. The number of carbonyl (C=O) groups is 1. The molecular weight excluding hydrogens is 311 g/mol. The molecule has 0 radical (unpaired) electrons. The maximum absolute atomic E-state index is 13.6. The second kappa shape index (κ2) is 6.34. The Kier molecular flexibility index (Phi) is 4.99. The Balaban J connectivity index is 2.13. The van der Waals surface area contributed by atoms with Crippen molar-refractivity contribution in [3.8, 4) is 0 Å². The smallest absolute Gasteiger partial charge is 0.244 e. The largest absolute Gasteiger partial charge is 0.415 e. The molecule has 128 valence electrons. The summed E-state index contributed by atoms with van der Waals surface area (Å²) in [7, 11) is -1.87. The number of nitrogens with zero attached hydrogens (tertiary/aromatic N) is 1. The minimum absolute atomic E-state index is 0.110. The van der Waals surface area contributed by atoms with Gasteiger partial charge >= 0.3 is 0 Å². The van der Waals surface area contributed by atoms with Crippen LogP contribution in [0.4, 0.5) is 10.1 Å². The van der Waals surface area contributed by atoms with E-state index in [9.17, 15) is 9.18 Å². The van der Waals surface area contributed by atoms with Gasteiger partial charge < -0.3 is 15.1 Å². The number of benzene rings is 1. The number of hydrogen-bond donors (Lipinski definition) is 1. The van der Waals surface area contributed by atoms with Crippen LogP contribution in [0.25, 0.3) is 0 Å². The van der Waals surface area contributed by atoms with Crippen molar-refractivity contribution in [2.75, 3.05) is 18.1 Å². The molecule has 4 nitrogen and oxygen atoms in total. The van der Waals surface area contributed by atoms with E-state index in [-0.39, 0.29) is 16.8 Å². The van der Waals surface area contributed by atoms with Crippen molar-refractivity contribution in [1.29, 1.82) is 0 Å². The topological polar surface area (TPSA) is 55.6 Å². The van der Waals surface area contributed by atoms with Crippen LogP contribution < -0.4 is 10.6 Å². The fraction of sp³-hybridized carbons (Fsp3) is 0.588. The van der Waals surface area contributed by atoms with Crippen molar-refractivity contribution in [2.24, 2.45) is 5.73 Å². The number of nitrogens with two attached hydrogens (primary N) is 1. The molecule has 2 rings (SSSR count). The van der Waals surface area contributed by atoms with E-state index in [0.717, 1.165) is 5.56 Å². The molecule has 0 aromatic heterocycles. The zero-order valence-corrected chi connectivity index (χ0v) is 15.6. The lowest BCUT2D eigenvalue weighted by atomic mass is 9.97. The van der Waals surface area contributed by atoms with Crippen molar-refractivity contribution < 1.29 is 13.6 Å². The summed E-state index contributed by atoms with van der Waals surface area (Å²) in [6.45, 7) is 11.7. The number of hydrogen-bond acceptors (Lipinski definition) is 3. The Morgan fingerprint density at radius 2 is 2.04 bits per heavy atom. The fourth-order valence-electron chi connectivity index (χ4n) is 2.44. The normalized spacial score (nSPS) is 19.0. The van der Waals surface area contributed by atoms with Gasteiger partial charge in [0.1, 0.15) is 5.82 Å². The van der Waals surface area contributed by atoms with E-state index in [1.165, 1.54) is 12.1 Å². The summed E-state index contributed by atoms with van der Waals surface area (Å²) in [6, 6.07) is 3.95. The number of halogens is 1. The molecule has 0 spiro atoms. The summed E-state index contributed by atoms with van der Waals surface area (Å²) in [5.41, 5.74) is 7.46. The Labute approximate surface area is 138 Å². The highest BCUT2D eigenvalue weighted by molar-refractivity contribution is 6.74. The van der Waals surface area contributed by atoms with Crippen molar-refractivity contribution in [2.45, 2.75) is 51.4 Å². The molecule has 1 amide bonds. The van der Waals surface area contributed by atoms with Crippen LogP contribution in [0.5, 0.6) is 0 Å². The molecule has 0 bridgehead atoms. The number of carbonyl (C=O) groups excluding carboxylic acids is 1. The number of rotatable bonds is 4. The van der Waals surface area contributed by atoms with Gasteiger partial charge in [-0.2, -0.15) is 0 Å². The highest BCUT2D eigenvalue weighted by atomic mass is 28.4. The molecule has 2 N–H and O–H groups in total. The van der Waals surface area contributed by atoms with Gasteiger partial charge in [0, 0.05) is 12.2 Å². The zero-order chi connectivity index (χ0) is 17.4. The molecule has 0 aliphatic carbocycles. The van der Waals surface area contributed by atoms with E-state index in [0.29, 0.717) is 25.3 Å². The SMILES string of the molecule is CC(C)(C)[Si](C)(C)OCCN1C(=O)C(N)Cc2ccc(F)cc21. The number of fused-ring (bicyclic) bond motifs is 1. The first-order chi connectivity index (χ1) is 10.5. The minimum atomic E-state index is -1.87. The van der Waals surface area contributed by atoms with Gasteiger partial charge in [0.05, 0.1) is 12.6 Å². The molecule has 6 heteroatoms. The number of amides is 1. The van der Waals surface area contributed by atoms with Gasteiger partial charge in [-0.05, 0) is 42.2 Å². The van der Waals surface area contributed by atoms with E-state index >= 15 is 0 Å². The predicted molar refractivity (Wildman–Crippen MR) is 93.6 cm³/mol. The fourth-order valence-corrected chi connectivity index (χ4v) is 3.48. The first-order valence-corrected chi connectivity index (χ1v) is 10.9. The van der Waals surface area contributed by atoms with Crippen LogP contribution in [0.15, 0.2) is 18.2 Å². The van der Waals surface area contributed by atoms with E-state index in [2.05, 4.69) is 33.9 Å². The third-order valence-electron chi connectivity index (χ3n) is 4.95. The second-order valence-electron chi connectivity index (χ2n) is 7.68. The highest BCUT2D eigenvalue weighted by Crippen LogP contribution is 2.36. The summed E-state index contributed by atoms with van der Waals surface area (Å²) in [4.78, 5) is 14.0. The Bertz CT molecular complexity index is 599. The van der Waals surface area contributed by atoms with Gasteiger partial charge in [-0.25, -0.2) is 4.39 Å². The van der Waals surface area contributed by atoms with Crippen LogP contribution in [0.1, 0.15) is 26.3 Å². The molecule has 23 heavy (non-hydrogen) atoms. The van der Waals surface area contributed by atoms with E-state index < -0.39 is 14.4 Å². The van der Waals surface area contributed by atoms with Crippen molar-refractivity contribution in [1.82, 2.24) is 0 Å². The van der Waals surface area contributed by atoms with Gasteiger partial charge in [-0.3, -0.25) is 4.79 Å². The lowest BCUT2D eigenvalue weighted by Crippen LogP contribution is -2.51. The monoisotopic (exact) mass is 338 g/mol. The van der Waals surface area contributed by atoms with Crippen molar-refractivity contribution in [3.05, 3.63) is 29.6 Å². The lowest BCUT2D eigenvalue weighted by Gasteiger charge is -2.38. The summed E-state index contributed by atoms with van der Waals surface area (Å²) in [5.74, 6) is -0.510. The summed E-state index contributed by atoms with van der Waals surface area (Å²) in [6.07, 6.45) is 0.452. The molecule has 1 aromatic carbocycles. The van der Waals surface area contributed by atoms with Crippen LogP contribution in [-0.4, -0.2) is 33.4 Å². The Morgan fingerprint density at radius 1 is 1.39 bits per heavy atom. The quantitative estimate of drug-likeness (QED) is 0.859. The zero-order valence-electron chi connectivity index (χ0n) is 14.6. The van der Waals surface area contributed by atoms with Gasteiger partial charge in [0.25, 0.3) is 0 Å². The van der Waals surface area contributed by atoms with Gasteiger partial charge in [-0.1, -0.05) is 26.8 Å². The van der Waals surface area contributed by atoms with E-state index in [1.54, 1.807) is 11.0 Å².